The van der Waals surface area contributed by atoms with Crippen LogP contribution in [0.3, 0.4) is 0 Å². The Balaban J connectivity index is 1.77. The molecule has 7 heteroatoms. The molecule has 25 heavy (non-hydrogen) atoms. The van der Waals surface area contributed by atoms with Crippen LogP contribution in [0.2, 0.25) is 0 Å². The van der Waals surface area contributed by atoms with E-state index < -0.39 is 0 Å². The van der Waals surface area contributed by atoms with Crippen molar-refractivity contribution in [1.82, 2.24) is 4.98 Å². The van der Waals surface area contributed by atoms with Crippen molar-refractivity contribution in [2.24, 2.45) is 0 Å². The summed E-state index contributed by atoms with van der Waals surface area (Å²) in [5, 5.41) is 5.34. The number of rotatable bonds is 5. The van der Waals surface area contributed by atoms with Crippen molar-refractivity contribution in [2.45, 2.75) is 4.90 Å². The van der Waals surface area contributed by atoms with Crippen molar-refractivity contribution in [3.05, 3.63) is 57.9 Å². The van der Waals surface area contributed by atoms with Crippen LogP contribution in [-0.4, -0.2) is 24.3 Å². The van der Waals surface area contributed by atoms with E-state index in [1.807, 2.05) is 23.8 Å². The molecule has 3 aromatic rings. The second-order valence-corrected chi connectivity index (χ2v) is 7.66. The number of hydrogen-bond donors (Lipinski definition) is 1. The molecule has 0 atom stereocenters. The Morgan fingerprint density at radius 2 is 2.00 bits per heavy atom. The Hall–Kier alpha value is -1.83. The van der Waals surface area contributed by atoms with Gasteiger partial charge in [-0.2, -0.15) is 0 Å². The van der Waals surface area contributed by atoms with Crippen LogP contribution in [-0.2, 0) is 0 Å². The number of methoxy groups -OCH3 is 1. The summed E-state index contributed by atoms with van der Waals surface area (Å²) in [5.41, 5.74) is 2.37. The number of carbonyl (C=O) groups excluding carboxylic acids is 1. The lowest BCUT2D eigenvalue weighted by atomic mass is 10.2. The number of halogens is 1. The van der Waals surface area contributed by atoms with E-state index in [1.54, 1.807) is 37.1 Å². The van der Waals surface area contributed by atoms with Crippen LogP contribution in [0, 0.1) is 0 Å². The molecular formula is C18H15BrN2O2S2. The molecule has 0 aliphatic heterocycles. The van der Waals surface area contributed by atoms with Gasteiger partial charge in [-0.05, 0) is 52.5 Å². The summed E-state index contributed by atoms with van der Waals surface area (Å²) in [6.07, 6.45) is 2.04. The van der Waals surface area contributed by atoms with E-state index in [1.165, 1.54) is 16.2 Å². The third-order valence-electron chi connectivity index (χ3n) is 3.53. The first-order valence-corrected chi connectivity index (χ1v) is 10.3. The van der Waals surface area contributed by atoms with Crippen LogP contribution in [0.1, 0.15) is 10.4 Å². The van der Waals surface area contributed by atoms with Gasteiger partial charge in [-0.3, -0.25) is 10.1 Å². The van der Waals surface area contributed by atoms with Gasteiger partial charge in [-0.25, -0.2) is 4.98 Å². The zero-order valence-electron chi connectivity index (χ0n) is 13.6. The molecule has 0 saturated carbocycles. The molecule has 0 unspecified atom stereocenters. The zero-order chi connectivity index (χ0) is 17.8. The fourth-order valence-electron chi connectivity index (χ4n) is 2.20. The highest BCUT2D eigenvalue weighted by atomic mass is 79.9. The first kappa shape index (κ1) is 18.0. The average molecular weight is 435 g/mol. The van der Waals surface area contributed by atoms with Gasteiger partial charge in [0.25, 0.3) is 5.91 Å². The van der Waals surface area contributed by atoms with Gasteiger partial charge >= 0.3 is 0 Å². The van der Waals surface area contributed by atoms with Gasteiger partial charge in [0.05, 0.1) is 18.4 Å². The summed E-state index contributed by atoms with van der Waals surface area (Å²) in [7, 11) is 1.57. The normalized spacial score (nSPS) is 10.5. The fraction of sp³-hybridized carbons (Fsp3) is 0.111. The first-order valence-electron chi connectivity index (χ1n) is 7.35. The maximum Gasteiger partial charge on any atom is 0.258 e. The number of thioether (sulfide) groups is 1. The van der Waals surface area contributed by atoms with E-state index in [4.69, 9.17) is 4.74 Å². The number of anilines is 1. The Morgan fingerprint density at radius 3 is 2.68 bits per heavy atom. The van der Waals surface area contributed by atoms with E-state index in [2.05, 4.69) is 38.4 Å². The highest BCUT2D eigenvalue weighted by Crippen LogP contribution is 2.28. The van der Waals surface area contributed by atoms with E-state index in [0.29, 0.717) is 20.9 Å². The SMILES string of the molecule is COc1ccc(Br)c(C(=O)Nc2nc(-c3ccc(SC)cc3)cs2)c1. The summed E-state index contributed by atoms with van der Waals surface area (Å²) in [5.74, 6) is 0.395. The zero-order valence-corrected chi connectivity index (χ0v) is 16.8. The number of carbonyl (C=O) groups is 1. The maximum absolute atomic E-state index is 12.5. The summed E-state index contributed by atoms with van der Waals surface area (Å²) in [6.45, 7) is 0. The maximum atomic E-state index is 12.5. The smallest absolute Gasteiger partial charge is 0.258 e. The van der Waals surface area contributed by atoms with Gasteiger partial charge in [0.15, 0.2) is 5.13 Å². The topological polar surface area (TPSA) is 51.2 Å². The molecule has 1 heterocycles. The number of nitrogens with zero attached hydrogens (tertiary/aromatic N) is 1. The number of nitrogens with one attached hydrogen (secondary N) is 1. The Kier molecular flexibility index (Phi) is 5.78. The van der Waals surface area contributed by atoms with E-state index >= 15 is 0 Å². The molecule has 0 fully saturated rings. The standard InChI is InChI=1S/C18H15BrN2O2S2/c1-23-12-5-8-15(19)14(9-12)17(22)21-18-20-16(10-25-18)11-3-6-13(24-2)7-4-11/h3-10H,1-2H3,(H,20,21,22). The van der Waals surface area contributed by atoms with Crippen molar-refractivity contribution in [2.75, 3.05) is 18.7 Å². The average Bonchev–Trinajstić information content (AvgIpc) is 3.10. The predicted octanol–water partition coefficient (Wildman–Crippen LogP) is 5.56. The Bertz CT molecular complexity index is 894. The minimum atomic E-state index is -0.232. The summed E-state index contributed by atoms with van der Waals surface area (Å²) >= 11 is 6.49. The monoisotopic (exact) mass is 434 g/mol. The molecular weight excluding hydrogens is 420 g/mol. The van der Waals surface area contributed by atoms with Crippen LogP contribution in [0.25, 0.3) is 11.3 Å². The van der Waals surface area contributed by atoms with Gasteiger partial charge in [0, 0.05) is 20.3 Å². The molecule has 0 bridgehead atoms. The van der Waals surface area contributed by atoms with E-state index in [-0.39, 0.29) is 5.91 Å². The first-order chi connectivity index (χ1) is 12.1. The molecule has 1 aromatic heterocycles. The summed E-state index contributed by atoms with van der Waals surface area (Å²) < 4.78 is 5.88. The van der Waals surface area contributed by atoms with Crippen molar-refractivity contribution in [1.29, 1.82) is 0 Å². The number of hydrogen-bond acceptors (Lipinski definition) is 5. The number of benzene rings is 2. The van der Waals surface area contributed by atoms with Gasteiger partial charge in [-0.1, -0.05) is 12.1 Å². The van der Waals surface area contributed by atoms with Crippen LogP contribution in [0.15, 0.2) is 57.2 Å². The predicted molar refractivity (Wildman–Crippen MR) is 108 cm³/mol. The van der Waals surface area contributed by atoms with Gasteiger partial charge < -0.3 is 4.74 Å². The molecule has 128 valence electrons. The van der Waals surface area contributed by atoms with E-state index in [9.17, 15) is 4.79 Å². The van der Waals surface area contributed by atoms with Crippen LogP contribution >= 0.6 is 39.0 Å². The van der Waals surface area contributed by atoms with E-state index in [0.717, 1.165) is 11.3 Å². The molecule has 0 radical (unpaired) electrons. The lowest BCUT2D eigenvalue weighted by Gasteiger charge is -2.06. The molecule has 0 spiro atoms. The molecule has 0 aliphatic rings. The molecule has 0 aliphatic carbocycles. The minimum absolute atomic E-state index is 0.232. The van der Waals surface area contributed by atoms with Gasteiger partial charge in [-0.15, -0.1) is 23.1 Å². The highest BCUT2D eigenvalue weighted by molar-refractivity contribution is 9.10. The number of aromatic nitrogens is 1. The second kappa shape index (κ2) is 8.03. The molecule has 1 N–H and O–H groups in total. The van der Waals surface area contributed by atoms with Gasteiger partial charge in [0.1, 0.15) is 5.75 Å². The van der Waals surface area contributed by atoms with Crippen LogP contribution in [0.4, 0.5) is 5.13 Å². The lowest BCUT2D eigenvalue weighted by Crippen LogP contribution is -2.12. The molecule has 4 nitrogen and oxygen atoms in total. The largest absolute Gasteiger partial charge is 0.497 e. The number of thiazole rings is 1. The molecule has 1 amide bonds. The quantitative estimate of drug-likeness (QED) is 0.534. The van der Waals surface area contributed by atoms with Crippen molar-refractivity contribution >= 4 is 50.1 Å². The highest BCUT2D eigenvalue weighted by Gasteiger charge is 2.14. The Labute approximate surface area is 162 Å². The second-order valence-electron chi connectivity index (χ2n) is 5.07. The summed E-state index contributed by atoms with van der Waals surface area (Å²) in [4.78, 5) is 18.2. The number of amides is 1. The molecule has 0 saturated heterocycles. The van der Waals surface area contributed by atoms with Crippen LogP contribution < -0.4 is 10.1 Å². The Morgan fingerprint density at radius 1 is 1.24 bits per heavy atom. The van der Waals surface area contributed by atoms with Gasteiger partial charge in [0.2, 0.25) is 0 Å². The lowest BCUT2D eigenvalue weighted by molar-refractivity contribution is 0.102. The number of ether oxygens (including phenoxy) is 1. The molecule has 2 aromatic carbocycles. The third-order valence-corrected chi connectivity index (χ3v) is 5.72. The fourth-order valence-corrected chi connectivity index (χ4v) is 3.74. The van der Waals surface area contributed by atoms with Crippen LogP contribution in [0.5, 0.6) is 5.75 Å². The minimum Gasteiger partial charge on any atom is -0.497 e. The van der Waals surface area contributed by atoms with Crippen molar-refractivity contribution in [3.8, 4) is 17.0 Å². The van der Waals surface area contributed by atoms with Crippen molar-refractivity contribution < 1.29 is 9.53 Å². The van der Waals surface area contributed by atoms with Crippen molar-refractivity contribution in [3.63, 3.8) is 0 Å². The molecule has 3 rings (SSSR count). The third kappa shape index (κ3) is 4.23. The summed E-state index contributed by atoms with van der Waals surface area (Å²) in [6, 6.07) is 13.5.